The maximum Gasteiger partial charge on any atom is 0.416 e. The van der Waals surface area contributed by atoms with Gasteiger partial charge in [-0.2, -0.15) is 13.2 Å². The van der Waals surface area contributed by atoms with Crippen molar-refractivity contribution in [2.45, 2.75) is 11.7 Å². The van der Waals surface area contributed by atoms with Crippen LogP contribution in [-0.2, 0) is 10.3 Å². The molecule has 2 atom stereocenters. The molecule has 2 aromatic rings. The number of para-hydroxylation sites is 1. The van der Waals surface area contributed by atoms with Crippen LogP contribution in [0, 0.1) is 5.92 Å². The fourth-order valence-electron chi connectivity index (χ4n) is 3.27. The molecule has 3 nitrogen and oxygen atoms in total. The molecule has 0 saturated carbocycles. The van der Waals surface area contributed by atoms with Crippen LogP contribution in [0.1, 0.15) is 5.56 Å². The molecule has 1 saturated heterocycles. The summed E-state index contributed by atoms with van der Waals surface area (Å²) in [6.07, 6.45) is -4.73. The average Bonchev–Trinajstić information content (AvgIpc) is 2.47. The van der Waals surface area contributed by atoms with Gasteiger partial charge < -0.3 is 10.0 Å². The van der Waals surface area contributed by atoms with Crippen LogP contribution in [0.4, 0.5) is 18.9 Å². The molecule has 0 aromatic heterocycles. The molecule has 0 bridgehead atoms. The maximum absolute atomic E-state index is 14.1. The Morgan fingerprint density at radius 3 is 2.04 bits per heavy atom. The van der Waals surface area contributed by atoms with Crippen molar-refractivity contribution in [2.75, 3.05) is 11.4 Å². The second-order valence-corrected chi connectivity index (χ2v) is 5.47. The highest BCUT2D eigenvalue weighted by Gasteiger charge is 2.72. The van der Waals surface area contributed by atoms with Crippen LogP contribution in [0.3, 0.4) is 0 Å². The van der Waals surface area contributed by atoms with Crippen LogP contribution in [0.15, 0.2) is 60.7 Å². The van der Waals surface area contributed by atoms with Gasteiger partial charge >= 0.3 is 12.1 Å². The minimum Gasteiger partial charge on any atom is -0.481 e. The van der Waals surface area contributed by atoms with Gasteiger partial charge in [-0.05, 0) is 17.7 Å². The minimum atomic E-state index is -4.73. The Kier molecular flexibility index (Phi) is 3.55. The van der Waals surface area contributed by atoms with Crippen LogP contribution in [0.5, 0.6) is 0 Å². The molecule has 120 valence electrons. The first-order valence-corrected chi connectivity index (χ1v) is 7.07. The number of halogens is 3. The van der Waals surface area contributed by atoms with Crippen LogP contribution in [-0.4, -0.2) is 23.8 Å². The molecule has 0 spiro atoms. The van der Waals surface area contributed by atoms with Crippen LogP contribution < -0.4 is 4.90 Å². The van der Waals surface area contributed by atoms with Gasteiger partial charge in [-0.15, -0.1) is 0 Å². The lowest BCUT2D eigenvalue weighted by Crippen LogP contribution is -2.74. The van der Waals surface area contributed by atoms with Crippen LogP contribution in [0.2, 0.25) is 0 Å². The van der Waals surface area contributed by atoms with Gasteiger partial charge in [-0.1, -0.05) is 48.5 Å². The van der Waals surface area contributed by atoms with Crippen molar-refractivity contribution in [1.29, 1.82) is 0 Å². The van der Waals surface area contributed by atoms with Gasteiger partial charge in [-0.25, -0.2) is 0 Å². The quantitative estimate of drug-likeness (QED) is 0.938. The van der Waals surface area contributed by atoms with E-state index in [2.05, 4.69) is 0 Å². The second kappa shape index (κ2) is 5.30. The predicted molar refractivity (Wildman–Crippen MR) is 79.1 cm³/mol. The van der Waals surface area contributed by atoms with Gasteiger partial charge in [-0.3, -0.25) is 4.79 Å². The number of carboxylic acids is 1. The summed E-state index contributed by atoms with van der Waals surface area (Å²) in [5.74, 6) is -3.00. The summed E-state index contributed by atoms with van der Waals surface area (Å²) in [7, 11) is 0. The van der Waals surface area contributed by atoms with Gasteiger partial charge in [0, 0.05) is 12.2 Å². The first-order valence-electron chi connectivity index (χ1n) is 7.07. The lowest BCUT2D eigenvalue weighted by atomic mass is 9.68. The van der Waals surface area contributed by atoms with E-state index < -0.39 is 23.6 Å². The number of aliphatic carboxylic acids is 1. The summed E-state index contributed by atoms with van der Waals surface area (Å²) in [5, 5.41) is 9.33. The topological polar surface area (TPSA) is 40.5 Å². The average molecular weight is 321 g/mol. The molecule has 1 aliphatic heterocycles. The summed E-state index contributed by atoms with van der Waals surface area (Å²) in [4.78, 5) is 12.6. The summed E-state index contributed by atoms with van der Waals surface area (Å²) in [6, 6.07) is 15.3. The van der Waals surface area contributed by atoms with E-state index in [1.807, 2.05) is 0 Å². The summed E-state index contributed by atoms with van der Waals surface area (Å²) in [5.41, 5.74) is -2.26. The van der Waals surface area contributed by atoms with E-state index >= 15 is 0 Å². The van der Waals surface area contributed by atoms with Gasteiger partial charge in [0.25, 0.3) is 0 Å². The highest BCUT2D eigenvalue weighted by Crippen LogP contribution is 2.57. The Balaban J connectivity index is 2.21. The molecule has 6 heteroatoms. The first kappa shape index (κ1) is 15.4. The number of nitrogens with zero attached hydrogens (tertiary/aromatic N) is 1. The largest absolute Gasteiger partial charge is 0.481 e. The lowest BCUT2D eigenvalue weighted by Gasteiger charge is -2.58. The van der Waals surface area contributed by atoms with E-state index in [1.54, 1.807) is 36.4 Å². The first-order chi connectivity index (χ1) is 10.9. The Hall–Kier alpha value is -2.50. The van der Waals surface area contributed by atoms with Gasteiger partial charge in [0.05, 0.1) is 0 Å². The smallest absolute Gasteiger partial charge is 0.416 e. The molecule has 0 amide bonds. The Morgan fingerprint density at radius 1 is 1.04 bits per heavy atom. The molecule has 0 aliphatic carbocycles. The zero-order valence-corrected chi connectivity index (χ0v) is 12.0. The van der Waals surface area contributed by atoms with E-state index in [0.29, 0.717) is 5.69 Å². The molecule has 1 heterocycles. The van der Waals surface area contributed by atoms with Crippen molar-refractivity contribution < 1.29 is 23.1 Å². The number of carbonyl (C=O) groups is 1. The monoisotopic (exact) mass is 321 g/mol. The zero-order valence-electron chi connectivity index (χ0n) is 12.0. The van der Waals surface area contributed by atoms with Gasteiger partial charge in [0.2, 0.25) is 0 Å². The number of hydrogen-bond donors (Lipinski definition) is 1. The molecule has 3 rings (SSSR count). The highest BCUT2D eigenvalue weighted by atomic mass is 19.4. The third-order valence-electron chi connectivity index (χ3n) is 4.31. The van der Waals surface area contributed by atoms with Crippen LogP contribution >= 0.6 is 0 Å². The molecule has 2 unspecified atom stereocenters. The molecule has 2 aromatic carbocycles. The molecule has 23 heavy (non-hydrogen) atoms. The number of anilines is 1. The predicted octanol–water partition coefficient (Wildman–Crippen LogP) is 3.67. The number of carboxylic acid groups (broad SMARTS) is 1. The van der Waals surface area contributed by atoms with Gasteiger partial charge in [0.15, 0.2) is 5.54 Å². The van der Waals surface area contributed by atoms with Gasteiger partial charge in [0.1, 0.15) is 5.92 Å². The van der Waals surface area contributed by atoms with E-state index in [0.717, 1.165) is 4.90 Å². The summed E-state index contributed by atoms with van der Waals surface area (Å²) >= 11 is 0. The fraction of sp³-hybridized carbons (Fsp3) is 0.235. The Bertz CT molecular complexity index is 703. The number of hydrogen-bond acceptors (Lipinski definition) is 2. The number of benzene rings is 2. The van der Waals surface area contributed by atoms with Crippen molar-refractivity contribution in [3.05, 3.63) is 66.2 Å². The molecular weight excluding hydrogens is 307 g/mol. The van der Waals surface area contributed by atoms with E-state index in [4.69, 9.17) is 0 Å². The van der Waals surface area contributed by atoms with Crippen molar-refractivity contribution in [1.82, 2.24) is 0 Å². The molecular formula is C17H14F3NO2. The fourth-order valence-corrected chi connectivity index (χ4v) is 3.27. The number of alkyl halides is 3. The normalized spacial score (nSPS) is 24.1. The standard InChI is InChI=1S/C17H14F3NO2/c18-17(19,20)16(12-7-3-1-4-8-12)14(15(22)23)11-21(16)13-9-5-2-6-10-13/h1-10,14H,11H2,(H,22,23). The van der Waals surface area contributed by atoms with Crippen molar-refractivity contribution in [2.24, 2.45) is 5.92 Å². The Labute approximate surface area is 131 Å². The molecule has 0 radical (unpaired) electrons. The molecule has 1 N–H and O–H groups in total. The lowest BCUT2D eigenvalue weighted by molar-refractivity contribution is -0.229. The Morgan fingerprint density at radius 2 is 1.57 bits per heavy atom. The third kappa shape index (κ3) is 2.17. The molecule has 1 fully saturated rings. The summed E-state index contributed by atoms with van der Waals surface area (Å²) < 4.78 is 42.2. The van der Waals surface area contributed by atoms with E-state index in [1.165, 1.54) is 24.3 Å². The SMILES string of the molecule is O=C(O)C1CN(c2ccccc2)C1(c1ccccc1)C(F)(F)F. The maximum atomic E-state index is 14.1. The summed E-state index contributed by atoms with van der Waals surface area (Å²) in [6.45, 7) is -0.187. The zero-order chi connectivity index (χ0) is 16.7. The number of rotatable bonds is 3. The van der Waals surface area contributed by atoms with Crippen molar-refractivity contribution >= 4 is 11.7 Å². The van der Waals surface area contributed by atoms with Crippen LogP contribution in [0.25, 0.3) is 0 Å². The second-order valence-electron chi connectivity index (χ2n) is 5.47. The van der Waals surface area contributed by atoms with Crippen molar-refractivity contribution in [3.63, 3.8) is 0 Å². The molecule has 1 aliphatic rings. The van der Waals surface area contributed by atoms with E-state index in [-0.39, 0.29) is 12.1 Å². The third-order valence-corrected chi connectivity index (χ3v) is 4.31. The van der Waals surface area contributed by atoms with E-state index in [9.17, 15) is 23.1 Å². The van der Waals surface area contributed by atoms with Crippen molar-refractivity contribution in [3.8, 4) is 0 Å². The minimum absolute atomic E-state index is 0.0602. The highest BCUT2D eigenvalue weighted by molar-refractivity contribution is 5.79.